The van der Waals surface area contributed by atoms with Gasteiger partial charge in [0.1, 0.15) is 0 Å². The maximum Gasteiger partial charge on any atom is 0.281 e. The second-order valence-electron chi connectivity index (χ2n) is 5.31. The molecule has 0 unspecified atom stereocenters. The minimum Gasteiger partial charge on any atom is -0.267 e. The van der Waals surface area contributed by atoms with Gasteiger partial charge in [0.15, 0.2) is 0 Å². The number of carbonyl (C=O) groups excluding carboxylic acids is 2. The van der Waals surface area contributed by atoms with Crippen molar-refractivity contribution >= 4 is 18.0 Å². The third kappa shape index (κ3) is 4.06. The van der Waals surface area contributed by atoms with Gasteiger partial charge < -0.3 is 0 Å². The first-order chi connectivity index (χ1) is 12.3. The van der Waals surface area contributed by atoms with Crippen LogP contribution in [0.3, 0.4) is 0 Å². The molecule has 0 saturated heterocycles. The lowest BCUT2D eigenvalue weighted by molar-refractivity contribution is 0.0622. The average molecular weight is 328 g/mol. The summed E-state index contributed by atoms with van der Waals surface area (Å²) in [6, 6.07) is 26.6. The van der Waals surface area contributed by atoms with E-state index in [0.29, 0.717) is 11.1 Å². The summed E-state index contributed by atoms with van der Waals surface area (Å²) in [5.74, 6) is -0.941. The lowest BCUT2D eigenvalue weighted by Gasteiger charge is -2.15. The minimum absolute atomic E-state index is 0.400. The predicted octanol–water partition coefficient (Wildman–Crippen LogP) is 4.00. The molecule has 122 valence electrons. The van der Waals surface area contributed by atoms with Gasteiger partial charge in [0.05, 0.1) is 6.21 Å². The Balaban J connectivity index is 1.95. The highest BCUT2D eigenvalue weighted by molar-refractivity contribution is 6.10. The van der Waals surface area contributed by atoms with Crippen molar-refractivity contribution in [1.29, 1.82) is 0 Å². The molecule has 0 aliphatic rings. The molecule has 2 amide bonds. The molecular weight excluding hydrogens is 312 g/mol. The summed E-state index contributed by atoms with van der Waals surface area (Å²) >= 11 is 0. The summed E-state index contributed by atoms with van der Waals surface area (Å²) < 4.78 is 0. The second kappa shape index (κ2) is 7.84. The lowest BCUT2D eigenvalue weighted by Crippen LogP contribution is -2.32. The van der Waals surface area contributed by atoms with Gasteiger partial charge in [-0.1, -0.05) is 66.7 Å². The summed E-state index contributed by atoms with van der Waals surface area (Å²) in [7, 11) is 0. The van der Waals surface area contributed by atoms with Crippen LogP contribution in [0.5, 0.6) is 0 Å². The molecule has 4 nitrogen and oxygen atoms in total. The first-order valence-corrected chi connectivity index (χ1v) is 7.83. The molecule has 0 aromatic heterocycles. The number of amides is 2. The van der Waals surface area contributed by atoms with Crippen LogP contribution in [0.2, 0.25) is 0 Å². The van der Waals surface area contributed by atoms with Crippen LogP contribution in [-0.2, 0) is 0 Å². The Labute approximate surface area is 146 Å². The quantitative estimate of drug-likeness (QED) is 0.413. The number of carbonyl (C=O) groups is 2. The topological polar surface area (TPSA) is 49.7 Å². The molecule has 4 heteroatoms. The molecule has 3 aromatic carbocycles. The van der Waals surface area contributed by atoms with E-state index in [1.807, 2.05) is 42.5 Å². The lowest BCUT2D eigenvalue weighted by atomic mass is 10.1. The molecule has 0 spiro atoms. The predicted molar refractivity (Wildman–Crippen MR) is 97.4 cm³/mol. The van der Waals surface area contributed by atoms with Crippen LogP contribution < -0.4 is 0 Å². The van der Waals surface area contributed by atoms with Crippen LogP contribution in [0, 0.1) is 0 Å². The summed E-state index contributed by atoms with van der Waals surface area (Å²) in [6.07, 6.45) is 1.50. The van der Waals surface area contributed by atoms with Gasteiger partial charge in [0, 0.05) is 11.1 Å². The van der Waals surface area contributed by atoms with Gasteiger partial charge >= 0.3 is 0 Å². The van der Waals surface area contributed by atoms with E-state index in [0.717, 1.165) is 10.6 Å². The largest absolute Gasteiger partial charge is 0.281 e. The second-order valence-corrected chi connectivity index (χ2v) is 5.31. The molecule has 25 heavy (non-hydrogen) atoms. The number of benzene rings is 3. The molecule has 0 saturated carbocycles. The maximum atomic E-state index is 12.8. The Kier molecular flexibility index (Phi) is 5.12. The molecule has 0 atom stereocenters. The summed E-state index contributed by atoms with van der Waals surface area (Å²) in [4.78, 5) is 25.5. The van der Waals surface area contributed by atoms with Crippen LogP contribution in [0.4, 0.5) is 0 Å². The Morgan fingerprint density at radius 2 is 1.04 bits per heavy atom. The van der Waals surface area contributed by atoms with Gasteiger partial charge in [-0.15, -0.1) is 0 Å². The van der Waals surface area contributed by atoms with Crippen LogP contribution in [0.1, 0.15) is 26.3 Å². The highest BCUT2D eigenvalue weighted by Crippen LogP contribution is 2.11. The van der Waals surface area contributed by atoms with Gasteiger partial charge in [0.25, 0.3) is 11.8 Å². The Morgan fingerprint density at radius 1 is 0.640 bits per heavy atom. The number of hydrogen-bond acceptors (Lipinski definition) is 3. The van der Waals surface area contributed by atoms with E-state index < -0.39 is 11.8 Å². The summed E-state index contributed by atoms with van der Waals surface area (Å²) in [6.45, 7) is 0. The van der Waals surface area contributed by atoms with Crippen molar-refractivity contribution in [2.75, 3.05) is 0 Å². The fourth-order valence-corrected chi connectivity index (χ4v) is 2.27. The molecule has 3 rings (SSSR count). The molecular formula is C21H16N2O2. The zero-order valence-corrected chi connectivity index (χ0v) is 13.4. The monoisotopic (exact) mass is 328 g/mol. The van der Waals surface area contributed by atoms with E-state index in [-0.39, 0.29) is 0 Å². The number of nitrogens with zero attached hydrogens (tertiary/aromatic N) is 2. The van der Waals surface area contributed by atoms with Crippen LogP contribution in [-0.4, -0.2) is 23.0 Å². The smallest absolute Gasteiger partial charge is 0.267 e. The number of hydrazone groups is 1. The van der Waals surface area contributed by atoms with Crippen molar-refractivity contribution in [3.8, 4) is 0 Å². The zero-order chi connectivity index (χ0) is 17.5. The van der Waals surface area contributed by atoms with Crippen LogP contribution >= 0.6 is 0 Å². The van der Waals surface area contributed by atoms with E-state index >= 15 is 0 Å². The third-order valence-corrected chi connectivity index (χ3v) is 3.55. The van der Waals surface area contributed by atoms with Gasteiger partial charge in [0.2, 0.25) is 0 Å². The van der Waals surface area contributed by atoms with Crippen molar-refractivity contribution < 1.29 is 9.59 Å². The number of hydrogen-bond donors (Lipinski definition) is 0. The normalized spacial score (nSPS) is 10.6. The zero-order valence-electron chi connectivity index (χ0n) is 13.4. The van der Waals surface area contributed by atoms with Crippen molar-refractivity contribution in [2.24, 2.45) is 5.10 Å². The van der Waals surface area contributed by atoms with Crippen molar-refractivity contribution in [3.63, 3.8) is 0 Å². The summed E-state index contributed by atoms with van der Waals surface area (Å²) in [5, 5.41) is 5.06. The van der Waals surface area contributed by atoms with Gasteiger partial charge in [-0.05, 0) is 29.8 Å². The average Bonchev–Trinajstić information content (AvgIpc) is 2.70. The number of rotatable bonds is 4. The molecule has 0 bridgehead atoms. The Bertz CT molecular complexity index is 824. The molecule has 0 fully saturated rings. The molecule has 0 N–H and O–H groups in total. The third-order valence-electron chi connectivity index (χ3n) is 3.55. The van der Waals surface area contributed by atoms with E-state index in [4.69, 9.17) is 0 Å². The molecule has 0 radical (unpaired) electrons. The van der Waals surface area contributed by atoms with E-state index in [9.17, 15) is 9.59 Å². The molecule has 0 aliphatic heterocycles. The van der Waals surface area contributed by atoms with Crippen LogP contribution in [0.25, 0.3) is 0 Å². The minimum atomic E-state index is -0.471. The highest BCUT2D eigenvalue weighted by Gasteiger charge is 2.23. The highest BCUT2D eigenvalue weighted by atomic mass is 16.2. The fourth-order valence-electron chi connectivity index (χ4n) is 2.27. The first kappa shape index (κ1) is 16.3. The van der Waals surface area contributed by atoms with Gasteiger partial charge in [-0.25, -0.2) is 0 Å². The van der Waals surface area contributed by atoms with Crippen LogP contribution in [0.15, 0.2) is 96.1 Å². The fraction of sp³-hybridized carbons (Fsp3) is 0. The number of imide groups is 1. The van der Waals surface area contributed by atoms with E-state index in [2.05, 4.69) is 5.10 Å². The van der Waals surface area contributed by atoms with E-state index in [1.165, 1.54) is 6.21 Å². The first-order valence-electron chi connectivity index (χ1n) is 7.83. The van der Waals surface area contributed by atoms with Crippen molar-refractivity contribution in [3.05, 3.63) is 108 Å². The standard InChI is InChI=1S/C21H16N2O2/c24-20(18-12-6-2-7-13-18)23(21(25)19-14-8-3-9-15-19)22-16-17-10-4-1-5-11-17/h1-16H. The molecule has 0 heterocycles. The van der Waals surface area contributed by atoms with Gasteiger partial charge in [-0.3, -0.25) is 9.59 Å². The SMILES string of the molecule is O=C(c1ccccc1)N(N=Cc1ccccc1)C(=O)c1ccccc1. The Morgan fingerprint density at radius 3 is 1.48 bits per heavy atom. The Hall–Kier alpha value is -3.53. The van der Waals surface area contributed by atoms with Gasteiger partial charge in [-0.2, -0.15) is 10.1 Å². The van der Waals surface area contributed by atoms with E-state index in [1.54, 1.807) is 48.5 Å². The summed E-state index contributed by atoms with van der Waals surface area (Å²) in [5.41, 5.74) is 1.60. The van der Waals surface area contributed by atoms with Crippen molar-refractivity contribution in [2.45, 2.75) is 0 Å². The maximum absolute atomic E-state index is 12.8. The van der Waals surface area contributed by atoms with Crippen molar-refractivity contribution in [1.82, 2.24) is 5.01 Å². The molecule has 0 aliphatic carbocycles. The molecule has 3 aromatic rings.